The molecular weight excluding hydrogens is 280 g/mol. The first kappa shape index (κ1) is 14.4. The van der Waals surface area contributed by atoms with Crippen molar-refractivity contribution < 1.29 is 19.4 Å². The van der Waals surface area contributed by atoms with Crippen LogP contribution in [0.3, 0.4) is 0 Å². The molecule has 0 fully saturated rings. The lowest BCUT2D eigenvalue weighted by Gasteiger charge is -2.22. The molecule has 1 heterocycles. The average molecular weight is 298 g/mol. The topological polar surface area (TPSA) is 55.8 Å². The molecule has 4 nitrogen and oxygen atoms in total. The van der Waals surface area contributed by atoms with Crippen molar-refractivity contribution in [2.24, 2.45) is 0 Å². The van der Waals surface area contributed by atoms with Crippen molar-refractivity contribution in [3.05, 3.63) is 59.2 Å². The van der Waals surface area contributed by atoms with Gasteiger partial charge in [0.25, 0.3) is 0 Å². The largest absolute Gasteiger partial charge is 0.486 e. The molecule has 0 saturated heterocycles. The van der Waals surface area contributed by atoms with E-state index in [0.717, 1.165) is 16.7 Å². The molecule has 4 heteroatoms. The van der Waals surface area contributed by atoms with Crippen molar-refractivity contribution in [1.82, 2.24) is 0 Å². The number of hydrogen-bond donors (Lipinski definition) is 1. The van der Waals surface area contributed by atoms with Gasteiger partial charge in [0.05, 0.1) is 6.42 Å². The fourth-order valence-electron chi connectivity index (χ4n) is 2.68. The molecule has 0 amide bonds. The third kappa shape index (κ3) is 3.06. The number of aliphatic carboxylic acids is 1. The van der Waals surface area contributed by atoms with E-state index in [1.54, 1.807) is 0 Å². The van der Waals surface area contributed by atoms with Gasteiger partial charge in [0.15, 0.2) is 11.5 Å². The van der Waals surface area contributed by atoms with Crippen LogP contribution in [0.1, 0.15) is 29.0 Å². The minimum Gasteiger partial charge on any atom is -0.486 e. The predicted molar refractivity (Wildman–Crippen MR) is 82.7 cm³/mol. The number of ether oxygens (including phenoxy) is 2. The smallest absolute Gasteiger partial charge is 0.304 e. The Hall–Kier alpha value is -2.49. The van der Waals surface area contributed by atoms with E-state index in [2.05, 4.69) is 0 Å². The second-order valence-electron chi connectivity index (χ2n) is 5.46. The molecule has 0 aromatic heterocycles. The van der Waals surface area contributed by atoms with Gasteiger partial charge in [-0.25, -0.2) is 0 Å². The van der Waals surface area contributed by atoms with Gasteiger partial charge in [-0.15, -0.1) is 0 Å². The Morgan fingerprint density at radius 2 is 1.68 bits per heavy atom. The number of benzene rings is 2. The molecule has 0 saturated carbocycles. The lowest BCUT2D eigenvalue weighted by atomic mass is 9.88. The van der Waals surface area contributed by atoms with Gasteiger partial charge in [-0.2, -0.15) is 0 Å². The molecule has 2 aromatic carbocycles. The standard InChI is InChI=1S/C18H18O4/c1-12-2-4-13(5-3-12)15(11-18(19)20)14-6-7-16-17(10-14)22-9-8-21-16/h2-7,10,15H,8-9,11H2,1H3,(H,19,20). The molecular formula is C18H18O4. The highest BCUT2D eigenvalue weighted by Gasteiger charge is 2.21. The van der Waals surface area contributed by atoms with E-state index in [-0.39, 0.29) is 12.3 Å². The van der Waals surface area contributed by atoms with E-state index >= 15 is 0 Å². The second kappa shape index (κ2) is 6.10. The van der Waals surface area contributed by atoms with Crippen LogP contribution in [0.4, 0.5) is 0 Å². The molecule has 3 rings (SSSR count). The number of fused-ring (bicyclic) bond motifs is 1. The lowest BCUT2D eigenvalue weighted by molar-refractivity contribution is -0.137. The zero-order chi connectivity index (χ0) is 15.5. The van der Waals surface area contributed by atoms with Gasteiger partial charge >= 0.3 is 5.97 Å². The summed E-state index contributed by atoms with van der Waals surface area (Å²) in [6.45, 7) is 3.08. The van der Waals surface area contributed by atoms with Crippen LogP contribution in [-0.4, -0.2) is 24.3 Å². The molecule has 1 unspecified atom stereocenters. The van der Waals surface area contributed by atoms with Crippen LogP contribution in [0.2, 0.25) is 0 Å². The molecule has 22 heavy (non-hydrogen) atoms. The zero-order valence-corrected chi connectivity index (χ0v) is 12.4. The second-order valence-corrected chi connectivity index (χ2v) is 5.46. The SMILES string of the molecule is Cc1ccc(C(CC(=O)O)c2ccc3c(c2)OCCO3)cc1. The molecule has 0 aliphatic carbocycles. The third-order valence-corrected chi connectivity index (χ3v) is 3.83. The van der Waals surface area contributed by atoms with Crippen LogP contribution in [-0.2, 0) is 4.79 Å². The van der Waals surface area contributed by atoms with Gasteiger partial charge in [-0.05, 0) is 30.2 Å². The first-order valence-corrected chi connectivity index (χ1v) is 7.31. The summed E-state index contributed by atoms with van der Waals surface area (Å²) >= 11 is 0. The maximum Gasteiger partial charge on any atom is 0.304 e. The van der Waals surface area contributed by atoms with E-state index in [4.69, 9.17) is 9.47 Å². The highest BCUT2D eigenvalue weighted by atomic mass is 16.6. The van der Waals surface area contributed by atoms with Crippen molar-refractivity contribution in [3.63, 3.8) is 0 Å². The molecule has 0 bridgehead atoms. The quantitative estimate of drug-likeness (QED) is 0.940. The Bertz CT molecular complexity index is 676. The summed E-state index contributed by atoms with van der Waals surface area (Å²) in [5.41, 5.74) is 3.07. The average Bonchev–Trinajstić information content (AvgIpc) is 2.53. The van der Waals surface area contributed by atoms with Gasteiger partial charge in [0.2, 0.25) is 0 Å². The van der Waals surface area contributed by atoms with Crippen LogP contribution in [0, 0.1) is 6.92 Å². The first-order chi connectivity index (χ1) is 10.6. The molecule has 0 radical (unpaired) electrons. The first-order valence-electron chi connectivity index (χ1n) is 7.31. The van der Waals surface area contributed by atoms with Crippen molar-refractivity contribution in [2.45, 2.75) is 19.3 Å². The van der Waals surface area contributed by atoms with E-state index in [1.807, 2.05) is 49.4 Å². The normalized spacial score (nSPS) is 14.4. The summed E-state index contributed by atoms with van der Waals surface area (Å²) in [6.07, 6.45) is 0.0443. The minimum atomic E-state index is -0.819. The Balaban J connectivity index is 1.98. The van der Waals surface area contributed by atoms with Gasteiger partial charge in [-0.3, -0.25) is 4.79 Å². The number of carboxylic acid groups (broad SMARTS) is 1. The summed E-state index contributed by atoms with van der Waals surface area (Å²) < 4.78 is 11.1. The highest BCUT2D eigenvalue weighted by Crippen LogP contribution is 2.36. The van der Waals surface area contributed by atoms with Crippen LogP contribution in [0.15, 0.2) is 42.5 Å². The summed E-state index contributed by atoms with van der Waals surface area (Å²) in [5.74, 6) is 0.383. The van der Waals surface area contributed by atoms with Crippen LogP contribution in [0.5, 0.6) is 11.5 Å². The van der Waals surface area contributed by atoms with Crippen molar-refractivity contribution in [3.8, 4) is 11.5 Å². The number of aryl methyl sites for hydroxylation is 1. The van der Waals surface area contributed by atoms with Crippen LogP contribution < -0.4 is 9.47 Å². The van der Waals surface area contributed by atoms with Gasteiger partial charge in [-0.1, -0.05) is 35.9 Å². The monoisotopic (exact) mass is 298 g/mol. The Morgan fingerprint density at radius 3 is 2.36 bits per heavy atom. The molecule has 0 spiro atoms. The molecule has 1 aliphatic rings. The maximum atomic E-state index is 11.3. The van der Waals surface area contributed by atoms with Gasteiger partial charge in [0.1, 0.15) is 13.2 Å². The Labute approximate surface area is 129 Å². The minimum absolute atomic E-state index is 0.0443. The Kier molecular flexibility index (Phi) is 4.00. The summed E-state index contributed by atoms with van der Waals surface area (Å²) in [4.78, 5) is 11.3. The maximum absolute atomic E-state index is 11.3. The number of rotatable bonds is 4. The number of carbonyl (C=O) groups is 1. The van der Waals surface area contributed by atoms with E-state index in [9.17, 15) is 9.90 Å². The van der Waals surface area contributed by atoms with Crippen molar-refractivity contribution in [2.75, 3.05) is 13.2 Å². The van der Waals surface area contributed by atoms with E-state index < -0.39 is 5.97 Å². The van der Waals surface area contributed by atoms with Gasteiger partial charge < -0.3 is 14.6 Å². The molecule has 1 N–H and O–H groups in total. The lowest BCUT2D eigenvalue weighted by Crippen LogP contribution is -2.16. The molecule has 1 aliphatic heterocycles. The molecule has 1 atom stereocenters. The van der Waals surface area contributed by atoms with Crippen molar-refractivity contribution in [1.29, 1.82) is 0 Å². The number of carboxylic acids is 1. The fourth-order valence-corrected chi connectivity index (χ4v) is 2.68. The van der Waals surface area contributed by atoms with E-state index in [0.29, 0.717) is 24.7 Å². The summed E-state index contributed by atoms with van der Waals surface area (Å²) in [6, 6.07) is 13.6. The predicted octanol–water partition coefficient (Wildman–Crippen LogP) is 3.37. The summed E-state index contributed by atoms with van der Waals surface area (Å²) in [5, 5.41) is 9.24. The highest BCUT2D eigenvalue weighted by molar-refractivity contribution is 5.69. The van der Waals surface area contributed by atoms with Crippen LogP contribution >= 0.6 is 0 Å². The third-order valence-electron chi connectivity index (χ3n) is 3.83. The van der Waals surface area contributed by atoms with Crippen LogP contribution in [0.25, 0.3) is 0 Å². The van der Waals surface area contributed by atoms with Gasteiger partial charge in [0, 0.05) is 5.92 Å². The molecule has 2 aromatic rings. The molecule has 114 valence electrons. The number of hydrogen-bond acceptors (Lipinski definition) is 3. The summed E-state index contributed by atoms with van der Waals surface area (Å²) in [7, 11) is 0. The Morgan fingerprint density at radius 1 is 1.05 bits per heavy atom. The zero-order valence-electron chi connectivity index (χ0n) is 12.4. The van der Waals surface area contributed by atoms with E-state index in [1.165, 1.54) is 0 Å². The fraction of sp³-hybridized carbons (Fsp3) is 0.278. The van der Waals surface area contributed by atoms with Crippen molar-refractivity contribution >= 4 is 5.97 Å².